The monoisotopic (exact) mass is 352 g/mol. The van der Waals surface area contributed by atoms with E-state index in [1.165, 1.54) is 7.11 Å². The molecule has 0 aliphatic heterocycles. The number of ether oxygens (including phenoxy) is 3. The highest BCUT2D eigenvalue weighted by molar-refractivity contribution is 5.96. The van der Waals surface area contributed by atoms with Gasteiger partial charge in [-0.1, -0.05) is 20.3 Å². The molecule has 7 nitrogen and oxygen atoms in total. The standard InChI is InChI=1S/C18H28N2O5/c1-5-7-11-24-13(3)17(21)19-20-18(22)14-8-9-15(25-10-6-2)16(12-14)23-4/h8-9,12-13H,5-7,10-11H2,1-4H3,(H,19,21)(H,20,22). The maximum absolute atomic E-state index is 12.2. The highest BCUT2D eigenvalue weighted by Gasteiger charge is 2.15. The molecule has 7 heteroatoms. The average molecular weight is 352 g/mol. The number of amides is 2. The lowest BCUT2D eigenvalue weighted by Crippen LogP contribution is -2.46. The molecular formula is C18H28N2O5. The predicted molar refractivity (Wildman–Crippen MR) is 94.7 cm³/mol. The van der Waals surface area contributed by atoms with E-state index in [0.717, 1.165) is 19.3 Å². The van der Waals surface area contributed by atoms with Gasteiger partial charge in [0.1, 0.15) is 6.10 Å². The number of unbranched alkanes of at least 4 members (excludes halogenated alkanes) is 1. The van der Waals surface area contributed by atoms with Gasteiger partial charge in [-0.15, -0.1) is 0 Å². The Morgan fingerprint density at radius 1 is 1.08 bits per heavy atom. The fourth-order valence-electron chi connectivity index (χ4n) is 1.91. The Bertz CT molecular complexity index is 562. The molecule has 0 aromatic heterocycles. The molecule has 0 bridgehead atoms. The number of nitrogens with one attached hydrogen (secondary N) is 2. The number of carbonyl (C=O) groups is 2. The molecule has 0 aliphatic carbocycles. The molecule has 0 fully saturated rings. The van der Waals surface area contributed by atoms with Crippen LogP contribution in [-0.4, -0.2) is 38.2 Å². The summed E-state index contributed by atoms with van der Waals surface area (Å²) in [5, 5.41) is 0. The quantitative estimate of drug-likeness (QED) is 0.499. The lowest BCUT2D eigenvalue weighted by atomic mass is 10.2. The maximum atomic E-state index is 12.2. The van der Waals surface area contributed by atoms with Crippen molar-refractivity contribution in [1.82, 2.24) is 10.9 Å². The van der Waals surface area contributed by atoms with Crippen LogP contribution < -0.4 is 20.3 Å². The van der Waals surface area contributed by atoms with Gasteiger partial charge in [-0.25, -0.2) is 0 Å². The largest absolute Gasteiger partial charge is 0.493 e. The van der Waals surface area contributed by atoms with Crippen molar-refractivity contribution in [3.8, 4) is 11.5 Å². The molecule has 25 heavy (non-hydrogen) atoms. The molecule has 2 N–H and O–H groups in total. The Balaban J connectivity index is 2.58. The molecule has 1 rings (SSSR count). The maximum Gasteiger partial charge on any atom is 0.269 e. The van der Waals surface area contributed by atoms with Crippen molar-refractivity contribution in [2.24, 2.45) is 0 Å². The second kappa shape index (κ2) is 11.3. The smallest absolute Gasteiger partial charge is 0.269 e. The summed E-state index contributed by atoms with van der Waals surface area (Å²) >= 11 is 0. The van der Waals surface area contributed by atoms with Crippen molar-refractivity contribution in [3.63, 3.8) is 0 Å². The zero-order valence-corrected chi connectivity index (χ0v) is 15.4. The minimum atomic E-state index is -0.633. The summed E-state index contributed by atoms with van der Waals surface area (Å²) < 4.78 is 16.2. The summed E-state index contributed by atoms with van der Waals surface area (Å²) in [4.78, 5) is 24.0. The molecule has 0 saturated heterocycles. The van der Waals surface area contributed by atoms with E-state index in [1.54, 1.807) is 25.1 Å². The SMILES string of the molecule is CCCCOC(C)C(=O)NNC(=O)c1ccc(OCCC)c(OC)c1. The lowest BCUT2D eigenvalue weighted by molar-refractivity contribution is -0.132. The molecule has 1 aromatic carbocycles. The van der Waals surface area contributed by atoms with E-state index in [1.807, 2.05) is 13.8 Å². The summed E-state index contributed by atoms with van der Waals surface area (Å²) in [5.41, 5.74) is 5.08. The van der Waals surface area contributed by atoms with Gasteiger partial charge in [0.25, 0.3) is 11.8 Å². The third-order valence-electron chi connectivity index (χ3n) is 3.42. The number of hydrazine groups is 1. The molecule has 0 radical (unpaired) electrons. The van der Waals surface area contributed by atoms with Crippen molar-refractivity contribution >= 4 is 11.8 Å². The highest BCUT2D eigenvalue weighted by Crippen LogP contribution is 2.28. The zero-order chi connectivity index (χ0) is 18.7. The van der Waals surface area contributed by atoms with Gasteiger partial charge < -0.3 is 14.2 Å². The van der Waals surface area contributed by atoms with Crippen LogP contribution in [0.2, 0.25) is 0 Å². The molecule has 140 valence electrons. The van der Waals surface area contributed by atoms with Crippen LogP contribution in [0.25, 0.3) is 0 Å². The van der Waals surface area contributed by atoms with Crippen LogP contribution in [-0.2, 0) is 9.53 Å². The summed E-state index contributed by atoms with van der Waals surface area (Å²) in [6.07, 6.45) is 2.11. The molecular weight excluding hydrogens is 324 g/mol. The Kier molecular flexibility index (Phi) is 9.39. The molecule has 0 heterocycles. The number of methoxy groups -OCH3 is 1. The second-order valence-corrected chi connectivity index (χ2v) is 5.52. The van der Waals surface area contributed by atoms with Crippen molar-refractivity contribution in [2.45, 2.75) is 46.1 Å². The third kappa shape index (κ3) is 7.01. The Labute approximate surface area is 149 Å². The second-order valence-electron chi connectivity index (χ2n) is 5.52. The summed E-state index contributed by atoms with van der Waals surface area (Å²) in [5.74, 6) is 0.181. The summed E-state index contributed by atoms with van der Waals surface area (Å²) in [6, 6.07) is 4.84. The van der Waals surface area contributed by atoms with Gasteiger partial charge in [-0.3, -0.25) is 20.4 Å². The van der Waals surface area contributed by atoms with Crippen molar-refractivity contribution < 1.29 is 23.8 Å². The first-order chi connectivity index (χ1) is 12.0. The van der Waals surface area contributed by atoms with E-state index >= 15 is 0 Å². The minimum absolute atomic E-state index is 0.348. The van der Waals surface area contributed by atoms with Crippen LogP contribution in [0.5, 0.6) is 11.5 Å². The van der Waals surface area contributed by atoms with Gasteiger partial charge in [0, 0.05) is 12.2 Å². The topological polar surface area (TPSA) is 85.9 Å². The van der Waals surface area contributed by atoms with E-state index in [2.05, 4.69) is 10.9 Å². The average Bonchev–Trinajstić information content (AvgIpc) is 2.63. The van der Waals surface area contributed by atoms with Crippen LogP contribution in [0.3, 0.4) is 0 Å². The van der Waals surface area contributed by atoms with Crippen LogP contribution in [0, 0.1) is 0 Å². The van der Waals surface area contributed by atoms with Gasteiger partial charge in [0.2, 0.25) is 0 Å². The predicted octanol–water partition coefficient (Wildman–Crippen LogP) is 2.45. The van der Waals surface area contributed by atoms with Crippen LogP contribution in [0.4, 0.5) is 0 Å². The number of hydrogen-bond donors (Lipinski definition) is 2. The van der Waals surface area contributed by atoms with Crippen LogP contribution >= 0.6 is 0 Å². The molecule has 1 atom stereocenters. The number of benzene rings is 1. The van der Waals surface area contributed by atoms with Crippen LogP contribution in [0.1, 0.15) is 50.4 Å². The number of hydrogen-bond acceptors (Lipinski definition) is 5. The Hall–Kier alpha value is -2.28. The fraction of sp³-hybridized carbons (Fsp3) is 0.556. The first-order valence-corrected chi connectivity index (χ1v) is 8.56. The molecule has 2 amide bonds. The summed E-state index contributed by atoms with van der Waals surface area (Å²) in [7, 11) is 1.51. The van der Waals surface area contributed by atoms with E-state index in [4.69, 9.17) is 14.2 Å². The minimum Gasteiger partial charge on any atom is -0.493 e. The zero-order valence-electron chi connectivity index (χ0n) is 15.4. The van der Waals surface area contributed by atoms with E-state index < -0.39 is 17.9 Å². The molecule has 1 aromatic rings. The van der Waals surface area contributed by atoms with Crippen LogP contribution in [0.15, 0.2) is 18.2 Å². The van der Waals surface area contributed by atoms with E-state index in [0.29, 0.717) is 30.3 Å². The first kappa shape index (κ1) is 20.8. The number of rotatable bonds is 10. The third-order valence-corrected chi connectivity index (χ3v) is 3.42. The van der Waals surface area contributed by atoms with Crippen molar-refractivity contribution in [2.75, 3.05) is 20.3 Å². The highest BCUT2D eigenvalue weighted by atomic mass is 16.5. The van der Waals surface area contributed by atoms with Gasteiger partial charge in [0.05, 0.1) is 13.7 Å². The molecule has 0 spiro atoms. The van der Waals surface area contributed by atoms with Gasteiger partial charge in [-0.2, -0.15) is 0 Å². The molecule has 0 aliphatic rings. The van der Waals surface area contributed by atoms with Crippen molar-refractivity contribution in [1.29, 1.82) is 0 Å². The van der Waals surface area contributed by atoms with E-state index in [9.17, 15) is 9.59 Å². The lowest BCUT2D eigenvalue weighted by Gasteiger charge is -2.14. The Morgan fingerprint density at radius 2 is 1.84 bits per heavy atom. The van der Waals surface area contributed by atoms with Gasteiger partial charge in [0.15, 0.2) is 11.5 Å². The van der Waals surface area contributed by atoms with Gasteiger partial charge in [-0.05, 0) is 38.0 Å². The first-order valence-electron chi connectivity index (χ1n) is 8.56. The Morgan fingerprint density at radius 3 is 2.48 bits per heavy atom. The fourth-order valence-corrected chi connectivity index (χ4v) is 1.91. The molecule has 1 unspecified atom stereocenters. The normalized spacial score (nSPS) is 11.5. The van der Waals surface area contributed by atoms with Crippen molar-refractivity contribution in [3.05, 3.63) is 23.8 Å². The number of carbonyl (C=O) groups excluding carboxylic acids is 2. The molecule has 0 saturated carbocycles. The summed E-state index contributed by atoms with van der Waals surface area (Å²) in [6.45, 7) is 6.76. The van der Waals surface area contributed by atoms with E-state index in [-0.39, 0.29) is 0 Å². The van der Waals surface area contributed by atoms with Gasteiger partial charge >= 0.3 is 0 Å².